The summed E-state index contributed by atoms with van der Waals surface area (Å²) in [5, 5.41) is 28.1. The number of halogens is 1. The van der Waals surface area contributed by atoms with Crippen molar-refractivity contribution in [3.63, 3.8) is 0 Å². The number of anilines is 1. The van der Waals surface area contributed by atoms with Crippen LogP contribution in [0.2, 0.25) is 5.02 Å². The number of carbonyl (C=O) groups is 2. The van der Waals surface area contributed by atoms with Gasteiger partial charge in [-0.1, -0.05) is 11.6 Å². The summed E-state index contributed by atoms with van der Waals surface area (Å²) >= 11 is 7.38. The number of rotatable bonds is 7. The maximum absolute atomic E-state index is 12.7. The number of hydrazone groups is 1. The number of fused-ring (bicyclic) bond motifs is 1. The first kappa shape index (κ1) is 24.6. The molecule has 36 heavy (non-hydrogen) atoms. The van der Waals surface area contributed by atoms with Crippen LogP contribution < -0.4 is 15.5 Å². The van der Waals surface area contributed by atoms with Crippen LogP contribution >= 0.6 is 22.9 Å². The topological polar surface area (TPSA) is 143 Å². The minimum atomic E-state index is -0.514. The first-order valence-corrected chi connectivity index (χ1v) is 11.4. The third kappa shape index (κ3) is 5.27. The number of nitro groups is 1. The number of nitrogens with zero attached hydrogens (tertiary/aromatic N) is 2. The van der Waals surface area contributed by atoms with E-state index < -0.39 is 16.7 Å². The standard InChI is InChI=1S/C24H17ClN4O6S/c1-35-19-9-2-13(10-18(19)30)12-26-28-23(31)14-3-5-15(6-4-14)27-24(32)22-21(25)17-8-7-16(29(33)34)11-20(17)36-22/h2-12,30H,1H3,(H,27,32)(H,28,31)/b26-12-. The lowest BCUT2D eigenvalue weighted by Gasteiger charge is -2.06. The second-order valence-electron chi connectivity index (χ2n) is 7.34. The summed E-state index contributed by atoms with van der Waals surface area (Å²) in [4.78, 5) is 35.8. The van der Waals surface area contributed by atoms with Crippen molar-refractivity contribution in [3.8, 4) is 11.5 Å². The Morgan fingerprint density at radius 1 is 1.11 bits per heavy atom. The molecular weight excluding hydrogens is 508 g/mol. The number of phenols is 1. The molecule has 0 aliphatic rings. The van der Waals surface area contributed by atoms with E-state index in [4.69, 9.17) is 16.3 Å². The molecule has 0 unspecified atom stereocenters. The second-order valence-corrected chi connectivity index (χ2v) is 8.77. The van der Waals surface area contributed by atoms with Gasteiger partial charge in [0, 0.05) is 33.5 Å². The van der Waals surface area contributed by atoms with E-state index in [0.29, 0.717) is 32.6 Å². The van der Waals surface area contributed by atoms with Gasteiger partial charge in [0.2, 0.25) is 0 Å². The molecule has 0 fully saturated rings. The number of hydrogen-bond acceptors (Lipinski definition) is 8. The van der Waals surface area contributed by atoms with Gasteiger partial charge < -0.3 is 15.2 Å². The fourth-order valence-electron chi connectivity index (χ4n) is 3.22. The predicted octanol–water partition coefficient (Wildman–Crippen LogP) is 5.19. The number of methoxy groups -OCH3 is 1. The number of hydrogen-bond donors (Lipinski definition) is 3. The molecule has 0 radical (unpaired) electrons. The largest absolute Gasteiger partial charge is 0.504 e. The van der Waals surface area contributed by atoms with Gasteiger partial charge >= 0.3 is 0 Å². The highest BCUT2D eigenvalue weighted by atomic mass is 35.5. The molecule has 12 heteroatoms. The zero-order valence-corrected chi connectivity index (χ0v) is 20.1. The number of ether oxygens (including phenoxy) is 1. The van der Waals surface area contributed by atoms with Crippen LogP contribution in [0, 0.1) is 10.1 Å². The van der Waals surface area contributed by atoms with Crippen LogP contribution in [-0.2, 0) is 0 Å². The van der Waals surface area contributed by atoms with Crippen molar-refractivity contribution in [2.24, 2.45) is 5.10 Å². The third-order valence-corrected chi connectivity index (χ3v) is 6.67. The summed E-state index contributed by atoms with van der Waals surface area (Å²) in [5.41, 5.74) is 3.57. The lowest BCUT2D eigenvalue weighted by Crippen LogP contribution is -2.17. The van der Waals surface area contributed by atoms with E-state index in [1.807, 2.05) is 0 Å². The molecule has 1 heterocycles. The van der Waals surface area contributed by atoms with Crippen LogP contribution in [0.3, 0.4) is 0 Å². The van der Waals surface area contributed by atoms with Gasteiger partial charge in [-0.15, -0.1) is 11.3 Å². The fraction of sp³-hybridized carbons (Fsp3) is 0.0417. The average molecular weight is 525 g/mol. The summed E-state index contributed by atoms with van der Waals surface area (Å²) < 4.78 is 5.50. The van der Waals surface area contributed by atoms with Gasteiger partial charge in [0.1, 0.15) is 4.88 Å². The van der Waals surface area contributed by atoms with Crippen molar-refractivity contribution < 1.29 is 24.4 Å². The molecule has 0 saturated carbocycles. The molecule has 0 aliphatic carbocycles. The Kier molecular flexibility index (Phi) is 7.13. The molecule has 4 aromatic rings. The zero-order chi connectivity index (χ0) is 25.8. The maximum atomic E-state index is 12.7. The van der Waals surface area contributed by atoms with Crippen LogP contribution in [0.1, 0.15) is 25.6 Å². The van der Waals surface area contributed by atoms with Crippen molar-refractivity contribution in [2.75, 3.05) is 12.4 Å². The molecule has 4 rings (SSSR count). The second kappa shape index (κ2) is 10.4. The van der Waals surface area contributed by atoms with E-state index in [2.05, 4.69) is 15.8 Å². The molecule has 0 saturated heterocycles. The lowest BCUT2D eigenvalue weighted by atomic mass is 10.2. The summed E-state index contributed by atoms with van der Waals surface area (Å²) in [7, 11) is 1.44. The molecule has 1 aromatic heterocycles. The molecule has 0 spiro atoms. The normalized spacial score (nSPS) is 10.9. The minimum Gasteiger partial charge on any atom is -0.504 e. The van der Waals surface area contributed by atoms with Crippen LogP contribution in [0.15, 0.2) is 65.8 Å². The highest BCUT2D eigenvalue weighted by Gasteiger charge is 2.19. The molecule has 0 aliphatic heterocycles. The van der Waals surface area contributed by atoms with Crippen molar-refractivity contribution in [1.82, 2.24) is 5.43 Å². The lowest BCUT2D eigenvalue weighted by molar-refractivity contribution is -0.384. The van der Waals surface area contributed by atoms with Gasteiger partial charge in [-0.25, -0.2) is 5.43 Å². The number of non-ortho nitro benzene ring substituents is 1. The van der Waals surface area contributed by atoms with Crippen molar-refractivity contribution in [3.05, 3.63) is 91.8 Å². The Morgan fingerprint density at radius 3 is 2.53 bits per heavy atom. The minimum absolute atomic E-state index is 0.0522. The molecule has 10 nitrogen and oxygen atoms in total. The molecule has 182 valence electrons. The maximum Gasteiger partial charge on any atom is 0.271 e. The molecule has 0 bridgehead atoms. The van der Waals surface area contributed by atoms with E-state index in [-0.39, 0.29) is 21.3 Å². The van der Waals surface area contributed by atoms with E-state index in [0.717, 1.165) is 11.3 Å². The van der Waals surface area contributed by atoms with Crippen LogP contribution in [-0.4, -0.2) is 35.2 Å². The third-order valence-electron chi connectivity index (χ3n) is 5.02. The predicted molar refractivity (Wildman–Crippen MR) is 138 cm³/mol. The Bertz CT molecular complexity index is 1520. The number of aromatic hydroxyl groups is 1. The SMILES string of the molecule is COc1ccc(/C=N\NC(=O)c2ccc(NC(=O)c3sc4cc([N+](=O)[O-])ccc4c3Cl)cc2)cc1O. The van der Waals surface area contributed by atoms with E-state index in [9.17, 15) is 24.8 Å². The van der Waals surface area contributed by atoms with Crippen LogP contribution in [0.4, 0.5) is 11.4 Å². The van der Waals surface area contributed by atoms with E-state index >= 15 is 0 Å². The monoisotopic (exact) mass is 524 g/mol. The average Bonchev–Trinajstić information content (AvgIpc) is 3.20. The van der Waals surface area contributed by atoms with E-state index in [1.165, 1.54) is 49.7 Å². The van der Waals surface area contributed by atoms with Gasteiger partial charge in [-0.3, -0.25) is 19.7 Å². The molecule has 3 aromatic carbocycles. The zero-order valence-electron chi connectivity index (χ0n) is 18.5. The van der Waals surface area contributed by atoms with E-state index in [1.54, 1.807) is 24.3 Å². The Hall–Kier alpha value is -4.48. The summed E-state index contributed by atoms with van der Waals surface area (Å²) in [6, 6.07) is 15.0. The Balaban J connectivity index is 1.40. The fourth-order valence-corrected chi connectivity index (χ4v) is 4.67. The van der Waals surface area contributed by atoms with Crippen LogP contribution in [0.5, 0.6) is 11.5 Å². The molecular formula is C24H17ClN4O6S. The molecule has 3 N–H and O–H groups in total. The number of nitrogens with one attached hydrogen (secondary N) is 2. The van der Waals surface area contributed by atoms with Crippen LogP contribution in [0.25, 0.3) is 10.1 Å². The number of carbonyl (C=O) groups excluding carboxylic acids is 2. The number of nitro benzene ring substituents is 1. The first-order valence-electron chi connectivity index (χ1n) is 10.2. The number of thiophene rings is 1. The van der Waals surface area contributed by atoms with Gasteiger partial charge in [0.05, 0.1) is 23.3 Å². The summed E-state index contributed by atoms with van der Waals surface area (Å²) in [5.74, 6) is -0.685. The Labute approximate surface area is 212 Å². The number of phenolic OH excluding ortho intramolecular Hbond substituents is 1. The van der Waals surface area contributed by atoms with Crippen molar-refractivity contribution >= 4 is 62.4 Å². The Morgan fingerprint density at radius 2 is 1.86 bits per heavy atom. The molecule has 0 atom stereocenters. The number of benzene rings is 3. The van der Waals surface area contributed by atoms with Gasteiger partial charge in [-0.05, 0) is 54.1 Å². The van der Waals surface area contributed by atoms with Crippen molar-refractivity contribution in [1.29, 1.82) is 0 Å². The summed E-state index contributed by atoms with van der Waals surface area (Å²) in [6.07, 6.45) is 1.37. The highest BCUT2D eigenvalue weighted by Crippen LogP contribution is 2.37. The molecule has 2 amide bonds. The highest BCUT2D eigenvalue weighted by molar-refractivity contribution is 7.21. The van der Waals surface area contributed by atoms with Gasteiger partial charge in [0.25, 0.3) is 17.5 Å². The smallest absolute Gasteiger partial charge is 0.271 e. The summed E-state index contributed by atoms with van der Waals surface area (Å²) in [6.45, 7) is 0. The van der Waals surface area contributed by atoms with Gasteiger partial charge in [-0.2, -0.15) is 5.10 Å². The van der Waals surface area contributed by atoms with Crippen molar-refractivity contribution in [2.45, 2.75) is 0 Å². The quantitative estimate of drug-likeness (QED) is 0.172. The first-order chi connectivity index (χ1) is 17.3. The number of amides is 2. The van der Waals surface area contributed by atoms with Gasteiger partial charge in [0.15, 0.2) is 11.5 Å².